The fourth-order valence-corrected chi connectivity index (χ4v) is 1.37. The average molecular weight is 219 g/mol. The number of nitrogens with one attached hydrogen (secondary N) is 1. The molecule has 1 aromatic carbocycles. The van der Waals surface area contributed by atoms with Crippen LogP contribution < -0.4 is 10.3 Å². The highest BCUT2D eigenvalue weighted by atomic mass is 16.5. The number of fused-ring (bicyclic) bond motifs is 1. The molecular formula is C11H9NO4. The van der Waals surface area contributed by atoms with Gasteiger partial charge < -0.3 is 14.8 Å². The van der Waals surface area contributed by atoms with Gasteiger partial charge in [-0.2, -0.15) is 0 Å². The molecule has 2 N–H and O–H groups in total. The van der Waals surface area contributed by atoms with Gasteiger partial charge in [-0.1, -0.05) is 0 Å². The maximum Gasteiger partial charge on any atom is 0.341 e. The van der Waals surface area contributed by atoms with Crippen molar-refractivity contribution in [1.82, 2.24) is 4.98 Å². The number of carboxylic acids is 1. The zero-order valence-corrected chi connectivity index (χ0v) is 8.27. The summed E-state index contributed by atoms with van der Waals surface area (Å²) in [4.78, 5) is 24.0. The molecule has 16 heavy (non-hydrogen) atoms. The normalized spacial score (nSPS) is 10.2. The standard InChI is InChI=1S/C11H9NO4/c13-10-4-1-7-5-8(16-6-11(14)15)2-3-9(7)12-10/h1-5H,6H2,(H,12,13)(H,14,15). The number of rotatable bonds is 3. The Bertz CT molecular complexity index is 588. The number of hydrogen-bond donors (Lipinski definition) is 2. The predicted molar refractivity (Wildman–Crippen MR) is 57.7 cm³/mol. The SMILES string of the molecule is O=C(O)COc1ccc2[nH]c(=O)ccc2c1. The molecule has 5 heteroatoms. The van der Waals surface area contributed by atoms with Crippen molar-refractivity contribution < 1.29 is 14.6 Å². The van der Waals surface area contributed by atoms with Crippen LogP contribution in [0.2, 0.25) is 0 Å². The van der Waals surface area contributed by atoms with Gasteiger partial charge in [0.25, 0.3) is 0 Å². The van der Waals surface area contributed by atoms with Gasteiger partial charge in [0, 0.05) is 17.0 Å². The Morgan fingerprint density at radius 3 is 2.88 bits per heavy atom. The molecular weight excluding hydrogens is 210 g/mol. The smallest absolute Gasteiger partial charge is 0.341 e. The summed E-state index contributed by atoms with van der Waals surface area (Å²) in [6.07, 6.45) is 0. The summed E-state index contributed by atoms with van der Waals surface area (Å²) in [5.41, 5.74) is 0.516. The van der Waals surface area contributed by atoms with E-state index in [0.717, 1.165) is 5.39 Å². The lowest BCUT2D eigenvalue weighted by Crippen LogP contribution is -2.09. The van der Waals surface area contributed by atoms with Crippen LogP contribution in [0.1, 0.15) is 0 Å². The lowest BCUT2D eigenvalue weighted by atomic mass is 10.2. The summed E-state index contributed by atoms with van der Waals surface area (Å²) >= 11 is 0. The number of carbonyl (C=O) groups is 1. The van der Waals surface area contributed by atoms with E-state index in [-0.39, 0.29) is 12.2 Å². The fourth-order valence-electron chi connectivity index (χ4n) is 1.37. The van der Waals surface area contributed by atoms with Crippen LogP contribution in [0.4, 0.5) is 0 Å². The third kappa shape index (κ3) is 2.20. The van der Waals surface area contributed by atoms with E-state index in [9.17, 15) is 9.59 Å². The Balaban J connectivity index is 2.33. The van der Waals surface area contributed by atoms with Crippen molar-refractivity contribution in [3.8, 4) is 5.75 Å². The van der Waals surface area contributed by atoms with Crippen LogP contribution in [0.25, 0.3) is 10.9 Å². The number of pyridine rings is 1. The van der Waals surface area contributed by atoms with Crippen LogP contribution in [0.15, 0.2) is 35.1 Å². The third-order valence-corrected chi connectivity index (χ3v) is 2.06. The van der Waals surface area contributed by atoms with Crippen LogP contribution in [0.3, 0.4) is 0 Å². The molecule has 1 heterocycles. The summed E-state index contributed by atoms with van der Waals surface area (Å²) in [5.74, 6) is -0.566. The van der Waals surface area contributed by atoms with Crippen LogP contribution in [-0.4, -0.2) is 22.7 Å². The molecule has 82 valence electrons. The van der Waals surface area contributed by atoms with E-state index < -0.39 is 5.97 Å². The second-order valence-corrected chi connectivity index (χ2v) is 3.25. The van der Waals surface area contributed by atoms with Gasteiger partial charge in [-0.15, -0.1) is 0 Å². The minimum absolute atomic E-state index is 0.174. The summed E-state index contributed by atoms with van der Waals surface area (Å²) in [6, 6.07) is 8.02. The van der Waals surface area contributed by atoms with Gasteiger partial charge in [0.2, 0.25) is 5.56 Å². The number of aromatic amines is 1. The van der Waals surface area contributed by atoms with Crippen LogP contribution in [0, 0.1) is 0 Å². The van der Waals surface area contributed by atoms with E-state index >= 15 is 0 Å². The van der Waals surface area contributed by atoms with Crippen LogP contribution in [0.5, 0.6) is 5.75 Å². The number of benzene rings is 1. The number of carboxylic acid groups (broad SMARTS) is 1. The van der Waals surface area contributed by atoms with Gasteiger partial charge >= 0.3 is 5.97 Å². The molecule has 0 saturated heterocycles. The van der Waals surface area contributed by atoms with Crippen LogP contribution >= 0.6 is 0 Å². The largest absolute Gasteiger partial charge is 0.482 e. The number of ether oxygens (including phenoxy) is 1. The first-order valence-electron chi connectivity index (χ1n) is 4.63. The van der Waals surface area contributed by atoms with E-state index in [0.29, 0.717) is 11.3 Å². The molecule has 5 nitrogen and oxygen atoms in total. The molecule has 0 aliphatic rings. The van der Waals surface area contributed by atoms with Gasteiger partial charge in [-0.25, -0.2) is 4.79 Å². The minimum Gasteiger partial charge on any atom is -0.482 e. The van der Waals surface area contributed by atoms with Crippen molar-refractivity contribution in [1.29, 1.82) is 0 Å². The predicted octanol–water partition coefficient (Wildman–Crippen LogP) is 0.992. The summed E-state index contributed by atoms with van der Waals surface area (Å²) in [5, 5.41) is 9.25. The Morgan fingerprint density at radius 1 is 1.31 bits per heavy atom. The fraction of sp³-hybridized carbons (Fsp3) is 0.0909. The highest BCUT2D eigenvalue weighted by Gasteiger charge is 2.01. The highest BCUT2D eigenvalue weighted by molar-refractivity contribution is 5.79. The summed E-state index contributed by atoms with van der Waals surface area (Å²) < 4.78 is 5.01. The lowest BCUT2D eigenvalue weighted by Gasteiger charge is -2.04. The van der Waals surface area contributed by atoms with Gasteiger partial charge in [0.05, 0.1) is 0 Å². The van der Waals surface area contributed by atoms with Crippen molar-refractivity contribution in [2.24, 2.45) is 0 Å². The lowest BCUT2D eigenvalue weighted by molar-refractivity contribution is -0.139. The molecule has 0 saturated carbocycles. The number of aromatic nitrogens is 1. The molecule has 2 rings (SSSR count). The minimum atomic E-state index is -1.03. The topological polar surface area (TPSA) is 79.4 Å². The van der Waals surface area contributed by atoms with E-state index in [2.05, 4.69) is 4.98 Å². The van der Waals surface area contributed by atoms with Crippen LogP contribution in [-0.2, 0) is 4.79 Å². The van der Waals surface area contributed by atoms with E-state index in [1.165, 1.54) is 6.07 Å². The number of H-pyrrole nitrogens is 1. The quantitative estimate of drug-likeness (QED) is 0.806. The first kappa shape index (κ1) is 10.2. The number of aliphatic carboxylic acids is 1. The van der Waals surface area contributed by atoms with E-state index in [1.54, 1.807) is 24.3 Å². The maximum atomic E-state index is 11.0. The van der Waals surface area contributed by atoms with Gasteiger partial charge in [0.15, 0.2) is 6.61 Å². The number of hydrogen-bond acceptors (Lipinski definition) is 3. The zero-order chi connectivity index (χ0) is 11.5. The van der Waals surface area contributed by atoms with Crippen molar-refractivity contribution in [3.05, 3.63) is 40.7 Å². The van der Waals surface area contributed by atoms with Gasteiger partial charge in [0.1, 0.15) is 5.75 Å². The molecule has 0 aliphatic heterocycles. The van der Waals surface area contributed by atoms with Crippen molar-refractivity contribution >= 4 is 16.9 Å². The Hall–Kier alpha value is -2.30. The first-order valence-corrected chi connectivity index (χ1v) is 4.63. The Kier molecular flexibility index (Phi) is 2.59. The van der Waals surface area contributed by atoms with Crippen molar-refractivity contribution in [3.63, 3.8) is 0 Å². The second-order valence-electron chi connectivity index (χ2n) is 3.25. The second kappa shape index (κ2) is 4.06. The molecule has 0 fully saturated rings. The molecule has 0 unspecified atom stereocenters. The molecule has 2 aromatic rings. The molecule has 0 amide bonds. The summed E-state index contributed by atoms with van der Waals surface area (Å²) in [7, 11) is 0. The molecule has 1 aromatic heterocycles. The molecule has 0 spiro atoms. The summed E-state index contributed by atoms with van der Waals surface area (Å²) in [6.45, 7) is -0.380. The Labute approximate surface area is 90.3 Å². The van der Waals surface area contributed by atoms with E-state index in [1.807, 2.05) is 0 Å². The molecule has 0 atom stereocenters. The average Bonchev–Trinajstić information content (AvgIpc) is 2.26. The van der Waals surface area contributed by atoms with E-state index in [4.69, 9.17) is 9.84 Å². The van der Waals surface area contributed by atoms with Crippen molar-refractivity contribution in [2.75, 3.05) is 6.61 Å². The Morgan fingerprint density at radius 2 is 2.12 bits per heavy atom. The first-order chi connectivity index (χ1) is 7.65. The van der Waals surface area contributed by atoms with Gasteiger partial charge in [-0.3, -0.25) is 4.79 Å². The molecule has 0 bridgehead atoms. The van der Waals surface area contributed by atoms with Gasteiger partial charge in [-0.05, 0) is 24.3 Å². The zero-order valence-electron chi connectivity index (χ0n) is 8.27. The molecule has 0 radical (unpaired) electrons. The highest BCUT2D eigenvalue weighted by Crippen LogP contribution is 2.17. The third-order valence-electron chi connectivity index (χ3n) is 2.06. The molecule has 0 aliphatic carbocycles. The monoisotopic (exact) mass is 219 g/mol. The van der Waals surface area contributed by atoms with Crippen molar-refractivity contribution in [2.45, 2.75) is 0 Å². The maximum absolute atomic E-state index is 11.0.